The minimum Gasteiger partial charge on any atom is -0.494 e. The average molecular weight is 416 g/mol. The lowest BCUT2D eigenvalue weighted by Crippen LogP contribution is -2.23. The molecule has 1 N–H and O–H groups in total. The first kappa shape index (κ1) is 20.7. The van der Waals surface area contributed by atoms with Gasteiger partial charge in [0.05, 0.1) is 22.9 Å². The maximum absolute atomic E-state index is 13.2. The Morgan fingerprint density at radius 1 is 1.03 bits per heavy atom. The van der Waals surface area contributed by atoms with Crippen LogP contribution in [0.25, 0.3) is 5.69 Å². The lowest BCUT2D eigenvalue weighted by molar-refractivity contribution is 0.340. The summed E-state index contributed by atoms with van der Waals surface area (Å²) in [5.41, 5.74) is 0.902. The van der Waals surface area contributed by atoms with Crippen LogP contribution in [-0.4, -0.2) is 24.4 Å². The SMILES string of the molecule is CCOc1ccc(S(=O)(=O)Nc2c(C(C)C)n(C)n(-c3ccccc3)c2=O)cc1. The molecule has 154 valence electrons. The van der Waals surface area contributed by atoms with Crippen molar-refractivity contribution in [2.24, 2.45) is 7.05 Å². The third-order valence-corrected chi connectivity index (χ3v) is 5.91. The van der Waals surface area contributed by atoms with Crippen molar-refractivity contribution >= 4 is 15.7 Å². The monoisotopic (exact) mass is 415 g/mol. The summed E-state index contributed by atoms with van der Waals surface area (Å²) < 4.78 is 36.9. The maximum atomic E-state index is 13.2. The van der Waals surface area contributed by atoms with Gasteiger partial charge in [-0.3, -0.25) is 14.2 Å². The Morgan fingerprint density at radius 2 is 1.66 bits per heavy atom. The predicted molar refractivity (Wildman–Crippen MR) is 114 cm³/mol. The van der Waals surface area contributed by atoms with Crippen LogP contribution >= 0.6 is 0 Å². The van der Waals surface area contributed by atoms with Gasteiger partial charge in [0.2, 0.25) is 0 Å². The number of nitrogens with one attached hydrogen (secondary N) is 1. The van der Waals surface area contributed by atoms with Crippen LogP contribution in [0.4, 0.5) is 5.69 Å². The third-order valence-electron chi connectivity index (χ3n) is 4.54. The fourth-order valence-corrected chi connectivity index (χ4v) is 4.39. The third kappa shape index (κ3) is 4.07. The highest BCUT2D eigenvalue weighted by Gasteiger charge is 2.25. The second-order valence-electron chi connectivity index (χ2n) is 6.90. The second-order valence-corrected chi connectivity index (χ2v) is 8.58. The van der Waals surface area contributed by atoms with E-state index in [-0.39, 0.29) is 16.5 Å². The summed E-state index contributed by atoms with van der Waals surface area (Å²) in [6, 6.07) is 15.2. The highest BCUT2D eigenvalue weighted by atomic mass is 32.2. The van der Waals surface area contributed by atoms with E-state index in [4.69, 9.17) is 4.74 Å². The first-order valence-corrected chi connectivity index (χ1v) is 10.9. The minimum absolute atomic E-state index is 0.0558. The lowest BCUT2D eigenvalue weighted by Gasteiger charge is -2.13. The molecular formula is C21H25N3O4S. The molecule has 0 fully saturated rings. The summed E-state index contributed by atoms with van der Waals surface area (Å²) in [7, 11) is -2.19. The molecule has 0 aliphatic carbocycles. The quantitative estimate of drug-likeness (QED) is 0.640. The van der Waals surface area contributed by atoms with Crippen molar-refractivity contribution in [2.45, 2.75) is 31.6 Å². The van der Waals surface area contributed by atoms with Crippen LogP contribution in [-0.2, 0) is 17.1 Å². The van der Waals surface area contributed by atoms with Crippen LogP contribution < -0.4 is 15.0 Å². The van der Waals surface area contributed by atoms with E-state index in [0.717, 1.165) is 0 Å². The highest BCUT2D eigenvalue weighted by molar-refractivity contribution is 7.92. The maximum Gasteiger partial charge on any atom is 0.296 e. The molecule has 0 atom stereocenters. The van der Waals surface area contributed by atoms with Gasteiger partial charge >= 0.3 is 0 Å². The van der Waals surface area contributed by atoms with E-state index in [0.29, 0.717) is 23.7 Å². The van der Waals surface area contributed by atoms with Crippen molar-refractivity contribution < 1.29 is 13.2 Å². The van der Waals surface area contributed by atoms with Gasteiger partial charge in [-0.25, -0.2) is 13.1 Å². The van der Waals surface area contributed by atoms with Gasteiger partial charge in [0, 0.05) is 7.05 Å². The van der Waals surface area contributed by atoms with Crippen molar-refractivity contribution in [1.29, 1.82) is 0 Å². The molecule has 0 amide bonds. The van der Waals surface area contributed by atoms with E-state index in [1.54, 1.807) is 36.0 Å². The highest BCUT2D eigenvalue weighted by Crippen LogP contribution is 2.26. The van der Waals surface area contributed by atoms with Gasteiger partial charge in [-0.1, -0.05) is 32.0 Å². The summed E-state index contributed by atoms with van der Waals surface area (Å²) in [6.45, 7) is 6.18. The lowest BCUT2D eigenvalue weighted by atomic mass is 10.1. The molecule has 29 heavy (non-hydrogen) atoms. The molecule has 1 heterocycles. The van der Waals surface area contributed by atoms with E-state index >= 15 is 0 Å². The number of benzene rings is 2. The number of aromatic nitrogens is 2. The number of nitrogens with zero attached hydrogens (tertiary/aromatic N) is 2. The van der Waals surface area contributed by atoms with Gasteiger partial charge in [-0.2, -0.15) is 0 Å². The van der Waals surface area contributed by atoms with Crippen LogP contribution in [0.2, 0.25) is 0 Å². The normalized spacial score (nSPS) is 11.6. The number of rotatable bonds is 7. The fraction of sp³-hybridized carbons (Fsp3) is 0.286. The molecule has 3 rings (SSSR count). The molecule has 0 saturated heterocycles. The number of anilines is 1. The van der Waals surface area contributed by atoms with E-state index in [9.17, 15) is 13.2 Å². The molecule has 0 spiro atoms. The van der Waals surface area contributed by atoms with Crippen LogP contribution in [0.5, 0.6) is 5.75 Å². The molecule has 3 aromatic rings. The molecule has 0 bridgehead atoms. The summed E-state index contributed by atoms with van der Waals surface area (Å²) in [6.07, 6.45) is 0. The van der Waals surface area contributed by atoms with Crippen molar-refractivity contribution in [3.05, 3.63) is 70.6 Å². The molecule has 0 radical (unpaired) electrons. The zero-order chi connectivity index (χ0) is 21.2. The Balaban J connectivity index is 2.07. The van der Waals surface area contributed by atoms with E-state index in [1.807, 2.05) is 39.0 Å². The zero-order valence-electron chi connectivity index (χ0n) is 16.9. The summed E-state index contributed by atoms with van der Waals surface area (Å²) in [5.74, 6) is 0.510. The number of hydrogen-bond acceptors (Lipinski definition) is 4. The Labute approximate surface area is 170 Å². The van der Waals surface area contributed by atoms with Crippen molar-refractivity contribution in [3.63, 3.8) is 0 Å². The summed E-state index contributed by atoms with van der Waals surface area (Å²) in [5, 5.41) is 0. The van der Waals surface area contributed by atoms with Gasteiger partial charge in [-0.15, -0.1) is 0 Å². The van der Waals surface area contributed by atoms with Gasteiger partial charge < -0.3 is 4.74 Å². The van der Waals surface area contributed by atoms with Crippen LogP contribution in [0.1, 0.15) is 32.4 Å². The van der Waals surface area contributed by atoms with Crippen molar-refractivity contribution in [3.8, 4) is 11.4 Å². The molecule has 1 aromatic heterocycles. The zero-order valence-corrected chi connectivity index (χ0v) is 17.7. The van der Waals surface area contributed by atoms with Gasteiger partial charge in [0.25, 0.3) is 15.6 Å². The molecule has 0 unspecified atom stereocenters. The second kappa shape index (κ2) is 8.16. The summed E-state index contributed by atoms with van der Waals surface area (Å²) >= 11 is 0. The molecule has 0 aliphatic heterocycles. The predicted octanol–water partition coefficient (Wildman–Crippen LogP) is 3.50. The van der Waals surface area contributed by atoms with E-state index in [1.165, 1.54) is 16.8 Å². The van der Waals surface area contributed by atoms with Gasteiger partial charge in [-0.05, 0) is 49.2 Å². The van der Waals surface area contributed by atoms with Crippen LogP contribution in [0.15, 0.2) is 64.3 Å². The Morgan fingerprint density at radius 3 is 2.21 bits per heavy atom. The van der Waals surface area contributed by atoms with Crippen molar-refractivity contribution in [1.82, 2.24) is 9.36 Å². The Bertz CT molecular complexity index is 1150. The molecule has 2 aromatic carbocycles. The molecule has 7 nitrogen and oxygen atoms in total. The number of para-hydroxylation sites is 1. The first-order valence-electron chi connectivity index (χ1n) is 9.39. The molecular weight excluding hydrogens is 390 g/mol. The first-order chi connectivity index (χ1) is 13.8. The van der Waals surface area contributed by atoms with Crippen molar-refractivity contribution in [2.75, 3.05) is 11.3 Å². The van der Waals surface area contributed by atoms with Gasteiger partial charge in [0.15, 0.2) is 0 Å². The molecule has 8 heteroatoms. The molecule has 0 aliphatic rings. The van der Waals surface area contributed by atoms with E-state index in [2.05, 4.69) is 4.72 Å². The van der Waals surface area contributed by atoms with Gasteiger partial charge in [0.1, 0.15) is 11.4 Å². The topological polar surface area (TPSA) is 82.3 Å². The average Bonchev–Trinajstić information content (AvgIpc) is 2.92. The minimum atomic E-state index is -3.94. The summed E-state index contributed by atoms with van der Waals surface area (Å²) in [4.78, 5) is 13.2. The standard InChI is InChI=1S/C21H25N3O4S/c1-5-28-17-11-13-18(14-12-17)29(26,27)22-19-20(15(2)3)23(4)24(21(19)25)16-9-7-6-8-10-16/h6-15,22H,5H2,1-4H3. The fourth-order valence-electron chi connectivity index (χ4n) is 3.31. The number of hydrogen-bond donors (Lipinski definition) is 1. The smallest absolute Gasteiger partial charge is 0.296 e. The Hall–Kier alpha value is -3.00. The van der Waals surface area contributed by atoms with Crippen LogP contribution in [0, 0.1) is 0 Å². The molecule has 0 saturated carbocycles. The van der Waals surface area contributed by atoms with Crippen LogP contribution in [0.3, 0.4) is 0 Å². The number of sulfonamides is 1. The number of ether oxygens (including phenoxy) is 1. The largest absolute Gasteiger partial charge is 0.494 e. The Kier molecular flexibility index (Phi) is 5.83. The van der Waals surface area contributed by atoms with E-state index < -0.39 is 15.6 Å².